The van der Waals surface area contributed by atoms with Gasteiger partial charge >= 0.3 is 5.97 Å². The Balaban J connectivity index is 1.50. The highest BCUT2D eigenvalue weighted by Gasteiger charge is 2.38. The van der Waals surface area contributed by atoms with Crippen molar-refractivity contribution in [3.63, 3.8) is 0 Å². The van der Waals surface area contributed by atoms with Crippen molar-refractivity contribution >= 4 is 28.6 Å². The van der Waals surface area contributed by atoms with E-state index in [1.807, 2.05) is 36.0 Å². The van der Waals surface area contributed by atoms with Gasteiger partial charge in [-0.1, -0.05) is 18.2 Å². The second-order valence-corrected chi connectivity index (χ2v) is 7.33. The van der Waals surface area contributed by atoms with Gasteiger partial charge < -0.3 is 9.72 Å². The van der Waals surface area contributed by atoms with E-state index in [1.165, 1.54) is 0 Å². The molecule has 0 spiro atoms. The summed E-state index contributed by atoms with van der Waals surface area (Å²) in [5, 5.41) is 0.941. The van der Waals surface area contributed by atoms with Crippen molar-refractivity contribution in [1.29, 1.82) is 0 Å². The maximum atomic E-state index is 12.5. The topological polar surface area (TPSA) is 45.3 Å². The first-order valence-corrected chi connectivity index (χ1v) is 8.94. The molecule has 0 radical (unpaired) electrons. The molecule has 22 heavy (non-hydrogen) atoms. The molecule has 2 aromatic rings. The van der Waals surface area contributed by atoms with Crippen LogP contribution in [-0.2, 0) is 4.74 Å². The molecule has 4 nitrogen and oxygen atoms in total. The van der Waals surface area contributed by atoms with Crippen LogP contribution in [0.15, 0.2) is 30.5 Å². The Labute approximate surface area is 134 Å². The zero-order valence-corrected chi connectivity index (χ0v) is 13.4. The summed E-state index contributed by atoms with van der Waals surface area (Å²) in [6, 6.07) is 8.93. The number of hydrogen-bond acceptors (Lipinski definition) is 4. The van der Waals surface area contributed by atoms with Gasteiger partial charge in [0.2, 0.25) is 0 Å². The van der Waals surface area contributed by atoms with Crippen LogP contribution < -0.4 is 0 Å². The van der Waals surface area contributed by atoms with Gasteiger partial charge in [0.05, 0.1) is 5.56 Å². The number of nitrogens with zero attached hydrogens (tertiary/aromatic N) is 1. The first kappa shape index (κ1) is 14.2. The Morgan fingerprint density at radius 1 is 1.27 bits per heavy atom. The van der Waals surface area contributed by atoms with Crippen molar-refractivity contribution in [3.8, 4) is 0 Å². The zero-order valence-electron chi connectivity index (χ0n) is 12.6. The Morgan fingerprint density at radius 3 is 2.77 bits per heavy atom. The third-order valence-corrected chi connectivity index (χ3v) is 6.17. The molecule has 1 aromatic carbocycles. The average molecular weight is 316 g/mol. The number of para-hydroxylation sites is 1. The Hall–Kier alpha value is -1.46. The number of ether oxygens (including phenoxy) is 1. The number of H-pyrrole nitrogens is 1. The Kier molecular flexibility index (Phi) is 3.62. The van der Waals surface area contributed by atoms with Gasteiger partial charge in [-0.25, -0.2) is 4.79 Å². The van der Waals surface area contributed by atoms with Crippen LogP contribution in [0.25, 0.3) is 10.9 Å². The number of carbonyl (C=O) groups is 1. The summed E-state index contributed by atoms with van der Waals surface area (Å²) in [6.45, 7) is 0. The van der Waals surface area contributed by atoms with Crippen molar-refractivity contribution in [3.05, 3.63) is 36.0 Å². The minimum absolute atomic E-state index is 0.0493. The lowest BCUT2D eigenvalue weighted by atomic mass is 9.95. The molecular weight excluding hydrogens is 296 g/mol. The molecule has 0 saturated carbocycles. The number of fused-ring (bicyclic) bond motifs is 3. The predicted molar refractivity (Wildman–Crippen MR) is 89.4 cm³/mol. The number of thioether (sulfide) groups is 1. The van der Waals surface area contributed by atoms with E-state index in [4.69, 9.17) is 4.74 Å². The van der Waals surface area contributed by atoms with E-state index in [-0.39, 0.29) is 12.1 Å². The van der Waals surface area contributed by atoms with Gasteiger partial charge in [0.15, 0.2) is 0 Å². The molecule has 116 valence electrons. The number of hydrogen-bond donors (Lipinski definition) is 1. The molecule has 3 atom stereocenters. The second-order valence-electron chi connectivity index (χ2n) is 6.26. The molecule has 0 unspecified atom stereocenters. The average Bonchev–Trinajstić information content (AvgIpc) is 2.92. The van der Waals surface area contributed by atoms with E-state index >= 15 is 0 Å². The normalized spacial score (nSPS) is 28.7. The summed E-state index contributed by atoms with van der Waals surface area (Å²) in [4.78, 5) is 18.1. The van der Waals surface area contributed by atoms with Crippen LogP contribution in [0.4, 0.5) is 0 Å². The van der Waals surface area contributed by atoms with Crippen molar-refractivity contribution in [2.24, 2.45) is 0 Å². The molecule has 1 N–H and O–H groups in total. The number of aromatic nitrogens is 1. The zero-order chi connectivity index (χ0) is 15.1. The lowest BCUT2D eigenvalue weighted by Crippen LogP contribution is -2.54. The van der Waals surface area contributed by atoms with Gasteiger partial charge in [0, 0.05) is 53.5 Å². The third-order valence-electron chi connectivity index (χ3n) is 4.93. The predicted octanol–water partition coefficient (Wildman–Crippen LogP) is 2.90. The van der Waals surface area contributed by atoms with Crippen LogP contribution in [0.3, 0.4) is 0 Å². The van der Waals surface area contributed by atoms with Crippen LogP contribution in [0, 0.1) is 0 Å². The van der Waals surface area contributed by atoms with Gasteiger partial charge in [0.25, 0.3) is 0 Å². The molecule has 1 aromatic heterocycles. The highest BCUT2D eigenvalue weighted by molar-refractivity contribution is 7.99. The summed E-state index contributed by atoms with van der Waals surface area (Å²) < 4.78 is 5.83. The fraction of sp³-hybridized carbons (Fsp3) is 0.471. The fourth-order valence-electron chi connectivity index (χ4n) is 3.60. The molecule has 3 heterocycles. The molecule has 2 fully saturated rings. The van der Waals surface area contributed by atoms with Gasteiger partial charge in [-0.05, 0) is 13.1 Å². The summed E-state index contributed by atoms with van der Waals surface area (Å²) in [5.41, 5.74) is 1.63. The Morgan fingerprint density at radius 2 is 2.00 bits per heavy atom. The number of esters is 1. The monoisotopic (exact) mass is 316 g/mol. The number of carbonyl (C=O) groups excluding carboxylic acids is 1. The van der Waals surface area contributed by atoms with Crippen molar-refractivity contribution < 1.29 is 9.53 Å². The summed E-state index contributed by atoms with van der Waals surface area (Å²) in [5.74, 6) is 2.10. The van der Waals surface area contributed by atoms with E-state index in [1.54, 1.807) is 6.20 Å². The first-order valence-electron chi connectivity index (χ1n) is 7.79. The number of benzene rings is 1. The highest BCUT2D eigenvalue weighted by Crippen LogP contribution is 2.33. The molecule has 2 saturated heterocycles. The van der Waals surface area contributed by atoms with Gasteiger partial charge in [0.1, 0.15) is 6.10 Å². The molecule has 2 bridgehead atoms. The summed E-state index contributed by atoms with van der Waals surface area (Å²) in [7, 11) is 2.20. The van der Waals surface area contributed by atoms with E-state index < -0.39 is 0 Å². The Bertz CT molecular complexity index is 685. The fourth-order valence-corrected chi connectivity index (χ4v) is 5.02. The van der Waals surface area contributed by atoms with E-state index in [2.05, 4.69) is 16.9 Å². The van der Waals surface area contributed by atoms with Crippen LogP contribution in [0.2, 0.25) is 0 Å². The quantitative estimate of drug-likeness (QED) is 0.865. The molecule has 0 aliphatic carbocycles. The molecule has 0 amide bonds. The molecule has 2 aliphatic rings. The smallest absolute Gasteiger partial charge is 0.340 e. The maximum Gasteiger partial charge on any atom is 0.340 e. The van der Waals surface area contributed by atoms with Crippen molar-refractivity contribution in [2.75, 3.05) is 18.6 Å². The second kappa shape index (κ2) is 5.63. The van der Waals surface area contributed by atoms with Crippen molar-refractivity contribution in [1.82, 2.24) is 9.88 Å². The van der Waals surface area contributed by atoms with Gasteiger partial charge in [-0.3, -0.25) is 4.90 Å². The molecular formula is C17H20N2O2S. The lowest BCUT2D eigenvalue weighted by molar-refractivity contribution is -0.00975. The van der Waals surface area contributed by atoms with E-state index in [0.717, 1.165) is 35.3 Å². The van der Waals surface area contributed by atoms with Crippen LogP contribution in [0.1, 0.15) is 23.2 Å². The van der Waals surface area contributed by atoms with E-state index in [9.17, 15) is 4.79 Å². The molecule has 5 heteroatoms. The van der Waals surface area contributed by atoms with Crippen LogP contribution in [-0.4, -0.2) is 52.6 Å². The molecule has 4 rings (SSSR count). The molecule has 2 aliphatic heterocycles. The van der Waals surface area contributed by atoms with Gasteiger partial charge in [-0.2, -0.15) is 11.8 Å². The summed E-state index contributed by atoms with van der Waals surface area (Å²) in [6.07, 6.45) is 3.72. The highest BCUT2D eigenvalue weighted by atomic mass is 32.2. The van der Waals surface area contributed by atoms with Crippen molar-refractivity contribution in [2.45, 2.75) is 31.0 Å². The number of aromatic amines is 1. The largest absolute Gasteiger partial charge is 0.459 e. The lowest BCUT2D eigenvalue weighted by Gasteiger charge is -2.46. The standard InChI is InChI=1S/C17H20N2O2S/c1-19-11-6-13(7-12(19)10-22-9-11)21-17(20)15-8-18-16-5-3-2-4-14(15)16/h2-5,8,11-13,18H,6-7,9-10H2,1H3/t11-,12+,13-. The van der Waals surface area contributed by atoms with E-state index in [0.29, 0.717) is 17.6 Å². The number of nitrogens with one attached hydrogen (secondary N) is 1. The third kappa shape index (κ3) is 2.42. The van der Waals surface area contributed by atoms with Crippen LogP contribution in [0.5, 0.6) is 0 Å². The van der Waals surface area contributed by atoms with Gasteiger partial charge in [-0.15, -0.1) is 0 Å². The summed E-state index contributed by atoms with van der Waals surface area (Å²) >= 11 is 2.02. The van der Waals surface area contributed by atoms with Crippen LogP contribution >= 0.6 is 11.8 Å². The first-order chi connectivity index (χ1) is 10.7. The number of rotatable bonds is 2. The minimum Gasteiger partial charge on any atom is -0.459 e. The minimum atomic E-state index is -0.197. The number of piperidine rings is 1. The SMILES string of the molecule is CN1[C@@H]2CSC[C@H]1C[C@@H](OC(=O)c1c[nH]c3ccccc13)C2. The maximum absolute atomic E-state index is 12.5.